The van der Waals surface area contributed by atoms with Crippen molar-refractivity contribution in [1.29, 1.82) is 0 Å². The van der Waals surface area contributed by atoms with Crippen molar-refractivity contribution in [3.05, 3.63) is 36.5 Å². The molecule has 0 bridgehead atoms. The van der Waals surface area contributed by atoms with Crippen LogP contribution in [-0.4, -0.2) is 6.04 Å². The van der Waals surface area contributed by atoms with Gasteiger partial charge < -0.3 is 5.73 Å². The van der Waals surface area contributed by atoms with E-state index in [2.05, 4.69) is 19.6 Å². The van der Waals surface area contributed by atoms with E-state index in [1.807, 2.05) is 19.1 Å². The number of rotatable bonds is 4. The first-order valence-corrected chi connectivity index (χ1v) is 3.97. The lowest BCUT2D eigenvalue weighted by atomic mass is 10.1. The second kappa shape index (κ2) is 5.93. The van der Waals surface area contributed by atoms with Crippen molar-refractivity contribution in [1.82, 2.24) is 0 Å². The minimum Gasteiger partial charge on any atom is -0.324 e. The van der Waals surface area contributed by atoms with E-state index in [1.54, 1.807) is 6.08 Å². The fourth-order valence-corrected chi connectivity index (χ4v) is 0.749. The molecule has 0 aliphatic heterocycles. The van der Waals surface area contributed by atoms with Crippen LogP contribution in [-0.2, 0) is 0 Å². The number of allylic oxidation sites excluding steroid dienone is 3. The van der Waals surface area contributed by atoms with Crippen LogP contribution in [0.2, 0.25) is 0 Å². The summed E-state index contributed by atoms with van der Waals surface area (Å²) in [6.07, 6.45) is 8.89. The molecule has 1 nitrogen and oxygen atoms in total. The molecule has 0 aliphatic rings. The van der Waals surface area contributed by atoms with Gasteiger partial charge in [-0.15, -0.1) is 0 Å². The minimum atomic E-state index is 0.0933. The van der Waals surface area contributed by atoms with Crippen LogP contribution in [0.1, 0.15) is 20.3 Å². The SMILES string of the molecule is C=C/C=C(\C=C/CC)C(C)N. The summed E-state index contributed by atoms with van der Waals surface area (Å²) in [5.74, 6) is 0. The van der Waals surface area contributed by atoms with Gasteiger partial charge in [0.1, 0.15) is 0 Å². The van der Waals surface area contributed by atoms with Gasteiger partial charge in [-0.05, 0) is 18.9 Å². The Bertz CT molecular complexity index is 164. The number of nitrogens with two attached hydrogens (primary N) is 1. The molecule has 0 aliphatic carbocycles. The summed E-state index contributed by atoms with van der Waals surface area (Å²) in [6, 6.07) is 0.0933. The summed E-state index contributed by atoms with van der Waals surface area (Å²) < 4.78 is 0. The highest BCUT2D eigenvalue weighted by molar-refractivity contribution is 5.26. The van der Waals surface area contributed by atoms with Crippen LogP contribution in [0.5, 0.6) is 0 Å². The Hall–Kier alpha value is -0.820. The zero-order valence-electron chi connectivity index (χ0n) is 7.38. The van der Waals surface area contributed by atoms with Gasteiger partial charge in [0.15, 0.2) is 0 Å². The van der Waals surface area contributed by atoms with Crippen molar-refractivity contribution < 1.29 is 0 Å². The first-order chi connectivity index (χ1) is 5.22. The molecule has 0 fully saturated rings. The molecule has 0 heterocycles. The largest absolute Gasteiger partial charge is 0.324 e. The topological polar surface area (TPSA) is 26.0 Å². The maximum atomic E-state index is 5.70. The first kappa shape index (κ1) is 10.2. The molecular formula is C10H17N. The molecule has 1 unspecified atom stereocenters. The summed E-state index contributed by atoms with van der Waals surface area (Å²) >= 11 is 0. The van der Waals surface area contributed by atoms with Crippen LogP contribution in [0.25, 0.3) is 0 Å². The predicted octanol–water partition coefficient (Wildman–Crippen LogP) is 2.41. The lowest BCUT2D eigenvalue weighted by Gasteiger charge is -2.04. The van der Waals surface area contributed by atoms with Gasteiger partial charge in [0.05, 0.1) is 0 Å². The Morgan fingerprint density at radius 1 is 1.64 bits per heavy atom. The molecule has 62 valence electrons. The summed E-state index contributed by atoms with van der Waals surface area (Å²) in [4.78, 5) is 0. The number of hydrogen-bond acceptors (Lipinski definition) is 1. The second-order valence-corrected chi connectivity index (χ2v) is 2.50. The van der Waals surface area contributed by atoms with Crippen molar-refractivity contribution in [2.24, 2.45) is 5.73 Å². The summed E-state index contributed by atoms with van der Waals surface area (Å²) in [6.45, 7) is 7.69. The molecule has 0 spiro atoms. The number of hydrogen-bond donors (Lipinski definition) is 1. The van der Waals surface area contributed by atoms with E-state index in [4.69, 9.17) is 5.73 Å². The molecule has 1 atom stereocenters. The summed E-state index contributed by atoms with van der Waals surface area (Å²) in [5.41, 5.74) is 6.82. The second-order valence-electron chi connectivity index (χ2n) is 2.50. The van der Waals surface area contributed by atoms with Gasteiger partial charge in [-0.3, -0.25) is 0 Å². The highest BCUT2D eigenvalue weighted by Crippen LogP contribution is 2.02. The van der Waals surface area contributed by atoms with Crippen molar-refractivity contribution >= 4 is 0 Å². The smallest absolute Gasteiger partial charge is 0.0265 e. The van der Waals surface area contributed by atoms with Crippen molar-refractivity contribution in [2.75, 3.05) is 0 Å². The van der Waals surface area contributed by atoms with Crippen LogP contribution in [0.3, 0.4) is 0 Å². The molecule has 0 rings (SSSR count). The van der Waals surface area contributed by atoms with E-state index >= 15 is 0 Å². The van der Waals surface area contributed by atoms with E-state index in [0.29, 0.717) is 0 Å². The van der Waals surface area contributed by atoms with E-state index in [9.17, 15) is 0 Å². The van der Waals surface area contributed by atoms with Crippen LogP contribution in [0.4, 0.5) is 0 Å². The standard InChI is InChI=1S/C10H17N/c1-4-6-8-10(7-5-2)9(3)11/h5-9H,2,4,11H2,1,3H3/b8-6-,10-7+. The van der Waals surface area contributed by atoms with Gasteiger partial charge in [-0.2, -0.15) is 0 Å². The molecule has 0 aromatic rings. The van der Waals surface area contributed by atoms with Gasteiger partial charge in [-0.25, -0.2) is 0 Å². The van der Waals surface area contributed by atoms with Gasteiger partial charge in [-0.1, -0.05) is 37.8 Å². The molecule has 1 heteroatoms. The highest BCUT2D eigenvalue weighted by atomic mass is 14.6. The molecular weight excluding hydrogens is 134 g/mol. The first-order valence-electron chi connectivity index (χ1n) is 3.97. The van der Waals surface area contributed by atoms with E-state index < -0.39 is 0 Å². The molecule has 0 saturated heterocycles. The fourth-order valence-electron chi connectivity index (χ4n) is 0.749. The fraction of sp³-hybridized carbons (Fsp3) is 0.400. The Labute approximate surface area is 69.3 Å². The highest BCUT2D eigenvalue weighted by Gasteiger charge is 1.95. The maximum absolute atomic E-state index is 5.70. The van der Waals surface area contributed by atoms with Crippen molar-refractivity contribution in [2.45, 2.75) is 26.3 Å². The molecule has 0 aromatic heterocycles. The van der Waals surface area contributed by atoms with Crippen LogP contribution < -0.4 is 5.73 Å². The Morgan fingerprint density at radius 2 is 2.27 bits per heavy atom. The zero-order valence-corrected chi connectivity index (χ0v) is 7.38. The average molecular weight is 151 g/mol. The average Bonchev–Trinajstić information content (AvgIpc) is 1.97. The van der Waals surface area contributed by atoms with E-state index in [1.165, 1.54) is 0 Å². The zero-order chi connectivity index (χ0) is 8.69. The van der Waals surface area contributed by atoms with E-state index in [0.717, 1.165) is 12.0 Å². The Kier molecular flexibility index (Phi) is 5.49. The Balaban J connectivity index is 4.22. The summed E-state index contributed by atoms with van der Waals surface area (Å²) in [5, 5.41) is 0. The van der Waals surface area contributed by atoms with Gasteiger partial charge in [0.2, 0.25) is 0 Å². The third kappa shape index (κ3) is 4.57. The van der Waals surface area contributed by atoms with E-state index in [-0.39, 0.29) is 6.04 Å². The van der Waals surface area contributed by atoms with Crippen molar-refractivity contribution in [3.8, 4) is 0 Å². The third-order valence-electron chi connectivity index (χ3n) is 1.38. The molecule has 0 amide bonds. The van der Waals surface area contributed by atoms with Gasteiger partial charge in [0, 0.05) is 6.04 Å². The lowest BCUT2D eigenvalue weighted by molar-refractivity contribution is 0.884. The quantitative estimate of drug-likeness (QED) is 0.613. The van der Waals surface area contributed by atoms with Gasteiger partial charge in [0.25, 0.3) is 0 Å². The molecule has 11 heavy (non-hydrogen) atoms. The summed E-state index contributed by atoms with van der Waals surface area (Å²) in [7, 11) is 0. The molecule has 0 radical (unpaired) electrons. The molecule has 0 aromatic carbocycles. The monoisotopic (exact) mass is 151 g/mol. The van der Waals surface area contributed by atoms with Crippen LogP contribution in [0.15, 0.2) is 36.5 Å². The van der Waals surface area contributed by atoms with Crippen LogP contribution in [0, 0.1) is 0 Å². The normalized spacial score (nSPS) is 15.4. The van der Waals surface area contributed by atoms with Crippen LogP contribution >= 0.6 is 0 Å². The van der Waals surface area contributed by atoms with Gasteiger partial charge >= 0.3 is 0 Å². The third-order valence-corrected chi connectivity index (χ3v) is 1.38. The lowest BCUT2D eigenvalue weighted by Crippen LogP contribution is -2.16. The molecule has 2 N–H and O–H groups in total. The predicted molar refractivity (Wildman–Crippen MR) is 51.4 cm³/mol. The Morgan fingerprint density at radius 3 is 2.64 bits per heavy atom. The molecule has 0 saturated carbocycles. The maximum Gasteiger partial charge on any atom is 0.0265 e. The minimum absolute atomic E-state index is 0.0933. The van der Waals surface area contributed by atoms with Crippen molar-refractivity contribution in [3.63, 3.8) is 0 Å².